The first-order chi connectivity index (χ1) is 10.0. The maximum absolute atomic E-state index is 13.2. The lowest BCUT2D eigenvalue weighted by Gasteiger charge is -2.29. The van der Waals surface area contributed by atoms with Gasteiger partial charge in [-0.15, -0.1) is 0 Å². The summed E-state index contributed by atoms with van der Waals surface area (Å²) in [7, 11) is 0. The molecular weight excluding hydrogens is 316 g/mol. The molecule has 1 fully saturated rings. The second-order valence-corrected chi connectivity index (χ2v) is 6.02. The fraction of sp³-hybridized carbons (Fsp3) is 0.533. The number of halogens is 3. The number of benzene rings is 1. The fourth-order valence-corrected chi connectivity index (χ4v) is 3.25. The summed E-state index contributed by atoms with van der Waals surface area (Å²) in [5.74, 6) is -0.724. The van der Waals surface area contributed by atoms with Crippen molar-refractivity contribution < 1.29 is 13.9 Å². The standard InChI is InChI=1S/C15H18Cl2FNO2/c1-2-21-15(20)9-4-3-5-11(6-9)19-14-12(16)7-10(18)8-13(14)17/h7-9,11,19H,2-6H2,1H3. The summed E-state index contributed by atoms with van der Waals surface area (Å²) in [6, 6.07) is 2.52. The van der Waals surface area contributed by atoms with Crippen LogP contribution in [0.3, 0.4) is 0 Å². The zero-order valence-corrected chi connectivity index (χ0v) is 13.3. The number of hydrogen-bond acceptors (Lipinski definition) is 3. The van der Waals surface area contributed by atoms with Crippen LogP contribution < -0.4 is 5.32 Å². The minimum atomic E-state index is -0.469. The lowest BCUT2D eigenvalue weighted by Crippen LogP contribution is -2.32. The van der Waals surface area contributed by atoms with Gasteiger partial charge in [0.15, 0.2) is 0 Å². The zero-order valence-electron chi connectivity index (χ0n) is 11.8. The van der Waals surface area contributed by atoms with Crippen molar-refractivity contribution in [2.24, 2.45) is 5.92 Å². The average Bonchev–Trinajstić information content (AvgIpc) is 2.43. The van der Waals surface area contributed by atoms with E-state index in [1.165, 1.54) is 12.1 Å². The number of anilines is 1. The number of hydrogen-bond donors (Lipinski definition) is 1. The smallest absolute Gasteiger partial charge is 0.308 e. The Kier molecular flexibility index (Phi) is 5.71. The number of esters is 1. The summed E-state index contributed by atoms with van der Waals surface area (Å²) in [5, 5.41) is 3.73. The third-order valence-corrected chi connectivity index (χ3v) is 4.25. The van der Waals surface area contributed by atoms with Gasteiger partial charge in [0.25, 0.3) is 0 Å². The molecule has 21 heavy (non-hydrogen) atoms. The molecule has 2 rings (SSSR count). The number of carbonyl (C=O) groups is 1. The van der Waals surface area contributed by atoms with E-state index in [-0.39, 0.29) is 28.0 Å². The van der Waals surface area contributed by atoms with Crippen LogP contribution in [0, 0.1) is 11.7 Å². The third-order valence-electron chi connectivity index (χ3n) is 3.65. The molecular formula is C15H18Cl2FNO2. The van der Waals surface area contributed by atoms with Gasteiger partial charge in [0, 0.05) is 6.04 Å². The molecule has 0 bridgehead atoms. The monoisotopic (exact) mass is 333 g/mol. The van der Waals surface area contributed by atoms with E-state index >= 15 is 0 Å². The predicted octanol–water partition coefficient (Wildman–Crippen LogP) is 4.67. The first kappa shape index (κ1) is 16.4. The van der Waals surface area contributed by atoms with Crippen molar-refractivity contribution in [3.63, 3.8) is 0 Å². The molecule has 0 heterocycles. The van der Waals surface area contributed by atoms with Crippen LogP contribution in [0.4, 0.5) is 10.1 Å². The SMILES string of the molecule is CCOC(=O)C1CCCC(Nc2c(Cl)cc(F)cc2Cl)C1. The topological polar surface area (TPSA) is 38.3 Å². The van der Waals surface area contributed by atoms with Crippen LogP contribution in [0.1, 0.15) is 32.6 Å². The van der Waals surface area contributed by atoms with Crippen molar-refractivity contribution in [1.29, 1.82) is 0 Å². The zero-order chi connectivity index (χ0) is 15.4. The molecule has 1 N–H and O–H groups in total. The minimum absolute atomic E-state index is 0.0774. The quantitative estimate of drug-likeness (QED) is 0.814. The van der Waals surface area contributed by atoms with Gasteiger partial charge in [-0.1, -0.05) is 29.6 Å². The first-order valence-electron chi connectivity index (χ1n) is 7.09. The molecule has 1 aromatic rings. The summed E-state index contributed by atoms with van der Waals surface area (Å²) in [5.41, 5.74) is 0.522. The summed E-state index contributed by atoms with van der Waals surface area (Å²) in [6.45, 7) is 2.19. The molecule has 1 aliphatic rings. The Morgan fingerprint density at radius 1 is 1.38 bits per heavy atom. The number of nitrogens with one attached hydrogen (secondary N) is 1. The molecule has 0 saturated heterocycles. The van der Waals surface area contributed by atoms with Crippen LogP contribution in [-0.2, 0) is 9.53 Å². The number of rotatable bonds is 4. The molecule has 1 aliphatic carbocycles. The van der Waals surface area contributed by atoms with E-state index in [1.54, 1.807) is 6.92 Å². The molecule has 0 aliphatic heterocycles. The molecule has 2 unspecified atom stereocenters. The highest BCUT2D eigenvalue weighted by Gasteiger charge is 2.28. The fourth-order valence-electron chi connectivity index (χ4n) is 2.68. The minimum Gasteiger partial charge on any atom is -0.466 e. The van der Waals surface area contributed by atoms with E-state index in [4.69, 9.17) is 27.9 Å². The van der Waals surface area contributed by atoms with E-state index < -0.39 is 5.82 Å². The van der Waals surface area contributed by atoms with Crippen molar-refractivity contribution in [3.8, 4) is 0 Å². The second kappa shape index (κ2) is 7.32. The molecule has 6 heteroatoms. The van der Waals surface area contributed by atoms with Crippen molar-refractivity contribution in [3.05, 3.63) is 28.0 Å². The van der Waals surface area contributed by atoms with Crippen LogP contribution >= 0.6 is 23.2 Å². The summed E-state index contributed by atoms with van der Waals surface area (Å²) in [6.07, 6.45) is 3.35. The Balaban J connectivity index is 2.04. The molecule has 116 valence electrons. The van der Waals surface area contributed by atoms with Gasteiger partial charge >= 0.3 is 5.97 Å². The molecule has 0 spiro atoms. The van der Waals surface area contributed by atoms with Gasteiger partial charge in [0.2, 0.25) is 0 Å². The molecule has 0 aromatic heterocycles. The van der Waals surface area contributed by atoms with Gasteiger partial charge in [-0.05, 0) is 38.3 Å². The summed E-state index contributed by atoms with van der Waals surface area (Å²) < 4.78 is 18.3. The Morgan fingerprint density at radius 3 is 2.67 bits per heavy atom. The molecule has 1 saturated carbocycles. The van der Waals surface area contributed by atoms with E-state index in [0.29, 0.717) is 18.7 Å². The lowest BCUT2D eigenvalue weighted by atomic mass is 9.85. The predicted molar refractivity (Wildman–Crippen MR) is 82.4 cm³/mol. The maximum Gasteiger partial charge on any atom is 0.308 e. The Bertz CT molecular complexity index is 501. The van der Waals surface area contributed by atoms with E-state index in [9.17, 15) is 9.18 Å². The second-order valence-electron chi connectivity index (χ2n) is 5.20. The van der Waals surface area contributed by atoms with E-state index in [2.05, 4.69) is 5.32 Å². The Hall–Kier alpha value is -1.00. The Morgan fingerprint density at radius 2 is 2.05 bits per heavy atom. The normalized spacial score (nSPS) is 21.9. The van der Waals surface area contributed by atoms with Crippen molar-refractivity contribution >= 4 is 34.9 Å². The maximum atomic E-state index is 13.2. The van der Waals surface area contributed by atoms with Crippen molar-refractivity contribution in [2.45, 2.75) is 38.6 Å². The molecule has 1 aromatic carbocycles. The van der Waals surface area contributed by atoms with Gasteiger partial charge in [-0.2, -0.15) is 0 Å². The van der Waals surface area contributed by atoms with Crippen LogP contribution in [0.15, 0.2) is 12.1 Å². The Labute approximate surface area is 133 Å². The highest BCUT2D eigenvalue weighted by atomic mass is 35.5. The average molecular weight is 334 g/mol. The number of carbonyl (C=O) groups excluding carboxylic acids is 1. The third kappa shape index (κ3) is 4.24. The van der Waals surface area contributed by atoms with Crippen LogP contribution in [0.25, 0.3) is 0 Å². The first-order valence-corrected chi connectivity index (χ1v) is 7.84. The van der Waals surface area contributed by atoms with Gasteiger partial charge in [-0.25, -0.2) is 4.39 Å². The van der Waals surface area contributed by atoms with Crippen LogP contribution in [0.2, 0.25) is 10.0 Å². The number of ether oxygens (including phenoxy) is 1. The highest BCUT2D eigenvalue weighted by Crippen LogP contribution is 2.35. The summed E-state index contributed by atoms with van der Waals surface area (Å²) in [4.78, 5) is 11.8. The lowest BCUT2D eigenvalue weighted by molar-refractivity contribution is -0.149. The van der Waals surface area contributed by atoms with Gasteiger partial charge < -0.3 is 10.1 Å². The molecule has 0 amide bonds. The molecule has 2 atom stereocenters. The van der Waals surface area contributed by atoms with Crippen LogP contribution in [-0.4, -0.2) is 18.6 Å². The molecule has 0 radical (unpaired) electrons. The van der Waals surface area contributed by atoms with Crippen molar-refractivity contribution in [2.75, 3.05) is 11.9 Å². The van der Waals surface area contributed by atoms with E-state index in [1.807, 2.05) is 0 Å². The van der Waals surface area contributed by atoms with Gasteiger partial charge in [0.1, 0.15) is 5.82 Å². The highest BCUT2D eigenvalue weighted by molar-refractivity contribution is 6.39. The molecule has 3 nitrogen and oxygen atoms in total. The largest absolute Gasteiger partial charge is 0.466 e. The van der Waals surface area contributed by atoms with Gasteiger partial charge in [-0.3, -0.25) is 4.79 Å². The van der Waals surface area contributed by atoms with Crippen molar-refractivity contribution in [1.82, 2.24) is 0 Å². The summed E-state index contributed by atoms with van der Waals surface area (Å²) >= 11 is 12.0. The van der Waals surface area contributed by atoms with Crippen LogP contribution in [0.5, 0.6) is 0 Å². The van der Waals surface area contributed by atoms with E-state index in [0.717, 1.165) is 19.3 Å². The van der Waals surface area contributed by atoms with Gasteiger partial charge in [0.05, 0.1) is 28.3 Å².